The van der Waals surface area contributed by atoms with Crippen LogP contribution in [0, 0.1) is 15.9 Å². The summed E-state index contributed by atoms with van der Waals surface area (Å²) in [6.07, 6.45) is 0. The van der Waals surface area contributed by atoms with Crippen molar-refractivity contribution in [3.8, 4) is 5.75 Å². The molecule has 0 aliphatic rings. The van der Waals surface area contributed by atoms with E-state index in [0.717, 1.165) is 25.1 Å². The molecule has 1 rings (SSSR count). The third-order valence-corrected chi connectivity index (χ3v) is 2.15. The molecule has 98 valence electrons. The topological polar surface area (TPSA) is 116 Å². The molecule has 0 heterocycles. The van der Waals surface area contributed by atoms with E-state index in [1.807, 2.05) is 0 Å². The Bertz CT molecular complexity index is 489. The van der Waals surface area contributed by atoms with Crippen molar-refractivity contribution in [1.29, 1.82) is 0 Å². The number of nitrogens with two attached hydrogens (primary N) is 1. The predicted molar refractivity (Wildman–Crippen MR) is 58.8 cm³/mol. The van der Waals surface area contributed by atoms with Crippen molar-refractivity contribution >= 4 is 11.7 Å². The molecule has 0 radical (unpaired) electrons. The summed E-state index contributed by atoms with van der Waals surface area (Å²) in [5.74, 6) is -2.94. The number of hydrogen-bond donors (Lipinski definition) is 2. The van der Waals surface area contributed by atoms with Crippen LogP contribution in [0.4, 0.5) is 10.1 Å². The Morgan fingerprint density at radius 3 is 2.78 bits per heavy atom. The summed E-state index contributed by atoms with van der Waals surface area (Å²) >= 11 is 0. The monoisotopic (exact) mass is 258 g/mol. The first-order valence-electron chi connectivity index (χ1n) is 4.83. The van der Waals surface area contributed by atoms with Gasteiger partial charge in [0.1, 0.15) is 12.1 Å². The van der Waals surface area contributed by atoms with E-state index in [1.54, 1.807) is 0 Å². The van der Waals surface area contributed by atoms with Crippen molar-refractivity contribution in [2.45, 2.75) is 12.5 Å². The lowest BCUT2D eigenvalue weighted by molar-refractivity contribution is -0.386. The molecule has 3 N–H and O–H groups in total. The van der Waals surface area contributed by atoms with Gasteiger partial charge in [-0.1, -0.05) is 6.07 Å². The quantitative estimate of drug-likeness (QED) is 0.599. The number of benzene rings is 1. The minimum Gasteiger partial charge on any atom is -0.482 e. The number of carboxylic acids is 1. The third-order valence-electron chi connectivity index (χ3n) is 2.15. The van der Waals surface area contributed by atoms with Gasteiger partial charge in [0.05, 0.1) is 4.92 Å². The van der Waals surface area contributed by atoms with Crippen LogP contribution >= 0.6 is 0 Å². The smallest absolute Gasteiger partial charge is 0.326 e. The molecule has 1 aromatic rings. The van der Waals surface area contributed by atoms with Crippen molar-refractivity contribution in [2.75, 3.05) is 6.61 Å². The summed E-state index contributed by atoms with van der Waals surface area (Å²) in [7, 11) is 0. The molecular formula is C10H11FN2O5. The Morgan fingerprint density at radius 1 is 1.67 bits per heavy atom. The molecule has 0 saturated carbocycles. The summed E-state index contributed by atoms with van der Waals surface area (Å²) in [4.78, 5) is 20.5. The van der Waals surface area contributed by atoms with Gasteiger partial charge in [0.15, 0.2) is 5.82 Å². The van der Waals surface area contributed by atoms with E-state index in [9.17, 15) is 19.3 Å². The molecule has 1 aromatic carbocycles. The number of ether oxygens (including phenoxy) is 1. The fourth-order valence-electron chi connectivity index (χ4n) is 1.07. The molecule has 0 fully saturated rings. The largest absolute Gasteiger partial charge is 0.482 e. The van der Waals surface area contributed by atoms with Crippen molar-refractivity contribution in [2.24, 2.45) is 5.73 Å². The lowest BCUT2D eigenvalue weighted by Gasteiger charge is -2.19. The minimum atomic E-state index is -1.77. The van der Waals surface area contributed by atoms with Crippen molar-refractivity contribution in [3.05, 3.63) is 34.1 Å². The lowest BCUT2D eigenvalue weighted by atomic mass is 10.1. The average molecular weight is 258 g/mol. The molecule has 8 heteroatoms. The molecule has 0 aliphatic heterocycles. The van der Waals surface area contributed by atoms with Gasteiger partial charge in [-0.3, -0.25) is 14.9 Å². The first kappa shape index (κ1) is 13.8. The number of hydrogen-bond acceptors (Lipinski definition) is 5. The minimum absolute atomic E-state index is 0.587. The van der Waals surface area contributed by atoms with Crippen LogP contribution in [0.2, 0.25) is 0 Å². The molecule has 0 bridgehead atoms. The van der Waals surface area contributed by atoms with Crippen LogP contribution in [-0.4, -0.2) is 28.1 Å². The van der Waals surface area contributed by atoms with Gasteiger partial charge in [0.25, 0.3) is 0 Å². The van der Waals surface area contributed by atoms with Crippen molar-refractivity contribution in [1.82, 2.24) is 0 Å². The number of carbonyl (C=O) groups is 1. The van der Waals surface area contributed by atoms with Crippen LogP contribution in [0.1, 0.15) is 6.92 Å². The Morgan fingerprint density at radius 2 is 2.28 bits per heavy atom. The van der Waals surface area contributed by atoms with Gasteiger partial charge in [0, 0.05) is 6.07 Å². The first-order valence-corrected chi connectivity index (χ1v) is 4.83. The number of nitrogens with zero attached hydrogens (tertiary/aromatic N) is 1. The van der Waals surface area contributed by atoms with Gasteiger partial charge < -0.3 is 15.6 Å². The highest BCUT2D eigenvalue weighted by atomic mass is 19.1. The van der Waals surface area contributed by atoms with Gasteiger partial charge in [-0.05, 0) is 13.0 Å². The number of para-hydroxylation sites is 1. The maximum absolute atomic E-state index is 13.4. The summed E-state index contributed by atoms with van der Waals surface area (Å²) in [6.45, 7) is 0.562. The second-order valence-corrected chi connectivity index (χ2v) is 3.86. The standard InChI is InChI=1S/C10H11FN2O5/c1-10(12,9(14)15)5-18-8-6(11)3-2-4-7(8)13(16)17/h2-4H,5,12H2,1H3,(H,14,15). The van der Waals surface area contributed by atoms with Crippen molar-refractivity contribution < 1.29 is 24.0 Å². The molecule has 18 heavy (non-hydrogen) atoms. The van der Waals surface area contributed by atoms with Crippen LogP contribution in [0.25, 0.3) is 0 Å². The normalized spacial score (nSPS) is 13.7. The molecule has 0 amide bonds. The summed E-state index contributed by atoms with van der Waals surface area (Å²) < 4.78 is 18.2. The van der Waals surface area contributed by atoms with E-state index in [0.29, 0.717) is 0 Å². The van der Waals surface area contributed by atoms with Crippen LogP contribution in [0.3, 0.4) is 0 Å². The Labute approximate surface area is 101 Å². The SMILES string of the molecule is CC(N)(COc1c(F)cccc1[N+](=O)[O-])C(=O)O. The molecule has 0 aliphatic carbocycles. The van der Waals surface area contributed by atoms with E-state index >= 15 is 0 Å². The van der Waals surface area contributed by atoms with Gasteiger partial charge >= 0.3 is 11.7 Å². The lowest BCUT2D eigenvalue weighted by Crippen LogP contribution is -2.50. The Kier molecular flexibility index (Phi) is 3.82. The highest BCUT2D eigenvalue weighted by Crippen LogP contribution is 2.30. The van der Waals surface area contributed by atoms with Gasteiger partial charge in [0.2, 0.25) is 5.75 Å². The van der Waals surface area contributed by atoms with E-state index < -0.39 is 40.3 Å². The fourth-order valence-corrected chi connectivity index (χ4v) is 1.07. The van der Waals surface area contributed by atoms with Crippen LogP contribution < -0.4 is 10.5 Å². The number of halogens is 1. The van der Waals surface area contributed by atoms with Crippen LogP contribution in [-0.2, 0) is 4.79 Å². The zero-order valence-corrected chi connectivity index (χ0v) is 9.42. The van der Waals surface area contributed by atoms with Crippen molar-refractivity contribution in [3.63, 3.8) is 0 Å². The second-order valence-electron chi connectivity index (χ2n) is 3.86. The van der Waals surface area contributed by atoms with Gasteiger partial charge in [-0.2, -0.15) is 0 Å². The van der Waals surface area contributed by atoms with Gasteiger partial charge in [-0.15, -0.1) is 0 Å². The zero-order valence-electron chi connectivity index (χ0n) is 9.42. The average Bonchev–Trinajstić information content (AvgIpc) is 2.26. The van der Waals surface area contributed by atoms with E-state index in [4.69, 9.17) is 15.6 Å². The maximum atomic E-state index is 13.4. The number of rotatable bonds is 5. The summed E-state index contributed by atoms with van der Waals surface area (Å²) in [5, 5.41) is 19.4. The Hall–Kier alpha value is -2.22. The number of carboxylic acid groups (broad SMARTS) is 1. The highest BCUT2D eigenvalue weighted by molar-refractivity contribution is 5.78. The van der Waals surface area contributed by atoms with Gasteiger partial charge in [-0.25, -0.2) is 4.39 Å². The molecule has 7 nitrogen and oxygen atoms in total. The van der Waals surface area contributed by atoms with E-state index in [2.05, 4.69) is 0 Å². The number of nitro groups is 1. The molecular weight excluding hydrogens is 247 g/mol. The first-order chi connectivity index (χ1) is 8.25. The summed E-state index contributed by atoms with van der Waals surface area (Å²) in [6, 6.07) is 3.17. The second kappa shape index (κ2) is 4.96. The highest BCUT2D eigenvalue weighted by Gasteiger charge is 2.31. The fraction of sp³-hybridized carbons (Fsp3) is 0.300. The molecule has 0 aromatic heterocycles. The third kappa shape index (κ3) is 2.92. The zero-order chi connectivity index (χ0) is 13.9. The molecule has 0 spiro atoms. The number of nitro benzene ring substituents is 1. The van der Waals surface area contributed by atoms with E-state index in [-0.39, 0.29) is 0 Å². The number of aliphatic carboxylic acids is 1. The molecule has 1 atom stereocenters. The van der Waals surface area contributed by atoms with Crippen LogP contribution in [0.15, 0.2) is 18.2 Å². The molecule has 1 unspecified atom stereocenters. The van der Waals surface area contributed by atoms with Crippen LogP contribution in [0.5, 0.6) is 5.75 Å². The maximum Gasteiger partial charge on any atom is 0.326 e. The van der Waals surface area contributed by atoms with E-state index in [1.165, 1.54) is 0 Å². The molecule has 0 saturated heterocycles. The predicted octanol–water partition coefficient (Wildman–Crippen LogP) is 0.915. The summed E-state index contributed by atoms with van der Waals surface area (Å²) in [5.41, 5.74) is 3.01. The Balaban J connectivity index is 2.98.